The molecule has 0 aliphatic rings. The highest BCUT2D eigenvalue weighted by Crippen LogP contribution is 2.01. The minimum Gasteiger partial charge on any atom is -0.385 e. The summed E-state index contributed by atoms with van der Waals surface area (Å²) in [6.07, 6.45) is 2.38. The van der Waals surface area contributed by atoms with Crippen molar-refractivity contribution in [2.45, 2.75) is 13.0 Å². The number of carbonyl (C=O) groups excluding carboxylic acids is 2. The summed E-state index contributed by atoms with van der Waals surface area (Å²) in [5.41, 5.74) is 1.14. The Kier molecular flexibility index (Phi) is 6.85. The molecule has 2 rings (SSSR count). The number of ether oxygens (including phenoxy) is 1. The molecule has 0 spiro atoms. The second-order valence-electron chi connectivity index (χ2n) is 5.01. The molecule has 0 atom stereocenters. The summed E-state index contributed by atoms with van der Waals surface area (Å²) in [7, 11) is 1.61. The smallest absolute Gasteiger partial charge is 0.270 e. The highest BCUT2D eigenvalue weighted by Gasteiger charge is 2.12. The van der Waals surface area contributed by atoms with Gasteiger partial charge in [-0.1, -0.05) is 12.1 Å². The van der Waals surface area contributed by atoms with Gasteiger partial charge in [0.1, 0.15) is 11.4 Å². The predicted octanol–water partition coefficient (Wildman–Crippen LogP) is 1.17. The average Bonchev–Trinajstić information content (AvgIpc) is 2.64. The van der Waals surface area contributed by atoms with E-state index in [9.17, 15) is 9.59 Å². The van der Waals surface area contributed by atoms with Crippen molar-refractivity contribution in [2.75, 3.05) is 20.3 Å². The number of carbonyl (C=O) groups is 2. The fourth-order valence-corrected chi connectivity index (χ4v) is 1.96. The molecule has 2 aromatic rings. The number of nitrogens with zero attached hydrogens (tertiary/aromatic N) is 2. The molecule has 7 nitrogen and oxygen atoms in total. The molecule has 2 N–H and O–H groups in total. The van der Waals surface area contributed by atoms with Crippen LogP contribution < -0.4 is 10.6 Å². The van der Waals surface area contributed by atoms with Crippen molar-refractivity contribution in [3.05, 3.63) is 59.7 Å². The third kappa shape index (κ3) is 5.44. The Balaban J connectivity index is 1.91. The third-order valence-corrected chi connectivity index (χ3v) is 3.18. The van der Waals surface area contributed by atoms with Crippen LogP contribution in [-0.2, 0) is 11.3 Å². The quantitative estimate of drug-likeness (QED) is 0.710. The van der Waals surface area contributed by atoms with Crippen molar-refractivity contribution >= 4 is 11.8 Å². The Morgan fingerprint density at radius 3 is 2.46 bits per heavy atom. The number of methoxy groups -OCH3 is 1. The average molecular weight is 328 g/mol. The van der Waals surface area contributed by atoms with Gasteiger partial charge in [-0.05, 0) is 30.7 Å². The van der Waals surface area contributed by atoms with E-state index in [1.54, 1.807) is 31.5 Å². The van der Waals surface area contributed by atoms with Crippen molar-refractivity contribution in [3.63, 3.8) is 0 Å². The summed E-state index contributed by atoms with van der Waals surface area (Å²) in [5.74, 6) is -0.667. The van der Waals surface area contributed by atoms with E-state index < -0.39 is 0 Å². The lowest BCUT2D eigenvalue weighted by atomic mass is 10.2. The van der Waals surface area contributed by atoms with Gasteiger partial charge in [0.05, 0.1) is 12.2 Å². The summed E-state index contributed by atoms with van der Waals surface area (Å²) >= 11 is 0. The third-order valence-electron chi connectivity index (χ3n) is 3.18. The minimum absolute atomic E-state index is 0.190. The van der Waals surface area contributed by atoms with Crippen LogP contribution in [0.2, 0.25) is 0 Å². The van der Waals surface area contributed by atoms with Crippen molar-refractivity contribution in [1.29, 1.82) is 0 Å². The van der Waals surface area contributed by atoms with Crippen molar-refractivity contribution in [1.82, 2.24) is 20.6 Å². The number of aromatic nitrogens is 2. The maximum Gasteiger partial charge on any atom is 0.270 e. The first kappa shape index (κ1) is 17.6. The Hall–Kier alpha value is -2.80. The lowest BCUT2D eigenvalue weighted by Crippen LogP contribution is -2.28. The second-order valence-corrected chi connectivity index (χ2v) is 5.01. The maximum atomic E-state index is 12.1. The highest BCUT2D eigenvalue weighted by atomic mass is 16.5. The van der Waals surface area contributed by atoms with Crippen LogP contribution in [0, 0.1) is 0 Å². The van der Waals surface area contributed by atoms with Crippen LogP contribution in [0.3, 0.4) is 0 Å². The summed E-state index contributed by atoms with van der Waals surface area (Å²) in [5, 5.41) is 5.46. The zero-order valence-corrected chi connectivity index (χ0v) is 13.5. The number of hydrogen-bond acceptors (Lipinski definition) is 5. The summed E-state index contributed by atoms with van der Waals surface area (Å²) in [4.78, 5) is 32.4. The second kappa shape index (κ2) is 9.36. The van der Waals surface area contributed by atoms with Gasteiger partial charge in [-0.3, -0.25) is 14.6 Å². The molecule has 24 heavy (non-hydrogen) atoms. The molecule has 0 aliphatic heterocycles. The topological polar surface area (TPSA) is 93.2 Å². The zero-order valence-electron chi connectivity index (χ0n) is 13.5. The van der Waals surface area contributed by atoms with Crippen molar-refractivity contribution in [3.8, 4) is 0 Å². The van der Waals surface area contributed by atoms with Gasteiger partial charge in [0.25, 0.3) is 11.8 Å². The van der Waals surface area contributed by atoms with Crippen molar-refractivity contribution < 1.29 is 14.3 Å². The van der Waals surface area contributed by atoms with E-state index in [1.165, 1.54) is 0 Å². The van der Waals surface area contributed by atoms with Gasteiger partial charge in [-0.25, -0.2) is 4.98 Å². The number of nitrogens with one attached hydrogen (secondary N) is 2. The summed E-state index contributed by atoms with van der Waals surface area (Å²) in [6, 6.07) is 10.2. The summed E-state index contributed by atoms with van der Waals surface area (Å²) < 4.78 is 4.92. The fourth-order valence-electron chi connectivity index (χ4n) is 1.96. The molecule has 0 fully saturated rings. The molecule has 2 amide bonds. The Labute approximate surface area is 140 Å². The Morgan fingerprint density at radius 2 is 1.79 bits per heavy atom. The molecule has 0 saturated carbocycles. The van der Waals surface area contributed by atoms with Crippen molar-refractivity contribution in [2.24, 2.45) is 0 Å². The molecular formula is C17H20N4O3. The van der Waals surface area contributed by atoms with Gasteiger partial charge < -0.3 is 15.4 Å². The first-order valence-electron chi connectivity index (χ1n) is 7.63. The van der Waals surface area contributed by atoms with Crippen LogP contribution in [0.1, 0.15) is 33.1 Å². The first-order valence-corrected chi connectivity index (χ1v) is 7.63. The molecule has 0 radical (unpaired) electrons. The molecule has 7 heteroatoms. The molecule has 0 bridgehead atoms. The van der Waals surface area contributed by atoms with E-state index in [0.717, 1.165) is 5.69 Å². The van der Waals surface area contributed by atoms with E-state index in [0.29, 0.717) is 26.1 Å². The minimum atomic E-state index is -0.352. The molecule has 2 heterocycles. The molecular weight excluding hydrogens is 308 g/mol. The molecule has 126 valence electrons. The van der Waals surface area contributed by atoms with Crippen LogP contribution in [0.25, 0.3) is 0 Å². The van der Waals surface area contributed by atoms with Crippen LogP contribution >= 0.6 is 0 Å². The Bertz CT molecular complexity index is 677. The van der Waals surface area contributed by atoms with Gasteiger partial charge in [0.15, 0.2) is 0 Å². The van der Waals surface area contributed by atoms with E-state index in [4.69, 9.17) is 4.74 Å². The SMILES string of the molecule is COCCCNC(=O)c1cccc(C(=O)NCc2ccccn2)n1. The molecule has 0 saturated heterocycles. The zero-order chi connectivity index (χ0) is 17.2. The molecule has 0 aromatic carbocycles. The van der Waals surface area contributed by atoms with E-state index in [-0.39, 0.29) is 23.2 Å². The number of rotatable bonds is 8. The summed E-state index contributed by atoms with van der Waals surface area (Å²) in [6.45, 7) is 1.36. The standard InChI is InChI=1S/C17H20N4O3/c1-24-11-5-10-19-16(22)14-7-4-8-15(21-14)17(23)20-12-13-6-2-3-9-18-13/h2-4,6-9H,5,10-12H2,1H3,(H,19,22)(H,20,23). The predicted molar refractivity (Wildman–Crippen MR) is 88.5 cm³/mol. The molecule has 0 unspecified atom stereocenters. The fraction of sp³-hybridized carbons (Fsp3) is 0.294. The van der Waals surface area contributed by atoms with Gasteiger partial charge in [-0.15, -0.1) is 0 Å². The normalized spacial score (nSPS) is 10.2. The van der Waals surface area contributed by atoms with Crippen LogP contribution in [0.15, 0.2) is 42.6 Å². The van der Waals surface area contributed by atoms with Gasteiger partial charge in [-0.2, -0.15) is 0 Å². The largest absolute Gasteiger partial charge is 0.385 e. The lowest BCUT2D eigenvalue weighted by Gasteiger charge is -2.07. The first-order chi connectivity index (χ1) is 11.7. The van der Waals surface area contributed by atoms with E-state index >= 15 is 0 Å². The Morgan fingerprint density at radius 1 is 1.04 bits per heavy atom. The van der Waals surface area contributed by atoms with Gasteiger partial charge in [0.2, 0.25) is 0 Å². The van der Waals surface area contributed by atoms with E-state index in [1.807, 2.05) is 18.2 Å². The van der Waals surface area contributed by atoms with Gasteiger partial charge >= 0.3 is 0 Å². The molecule has 2 aromatic heterocycles. The number of amides is 2. The monoisotopic (exact) mass is 328 g/mol. The highest BCUT2D eigenvalue weighted by molar-refractivity contribution is 5.96. The number of pyridine rings is 2. The van der Waals surface area contributed by atoms with E-state index in [2.05, 4.69) is 20.6 Å². The molecule has 0 aliphatic carbocycles. The maximum absolute atomic E-state index is 12.1. The number of hydrogen-bond donors (Lipinski definition) is 2. The van der Waals surface area contributed by atoms with Crippen LogP contribution in [0.5, 0.6) is 0 Å². The lowest BCUT2D eigenvalue weighted by molar-refractivity contribution is 0.0940. The van der Waals surface area contributed by atoms with Crippen LogP contribution in [-0.4, -0.2) is 42.0 Å². The van der Waals surface area contributed by atoms with Crippen LogP contribution in [0.4, 0.5) is 0 Å². The van der Waals surface area contributed by atoms with Gasteiger partial charge in [0, 0.05) is 26.5 Å².